The van der Waals surface area contributed by atoms with Crippen molar-refractivity contribution in [3.05, 3.63) is 65.1 Å². The van der Waals surface area contributed by atoms with Crippen molar-refractivity contribution < 1.29 is 9.50 Å². The first-order chi connectivity index (χ1) is 10.6. The predicted octanol–water partition coefficient (Wildman–Crippen LogP) is 3.18. The van der Waals surface area contributed by atoms with E-state index in [1.54, 1.807) is 22.9 Å². The molecule has 3 rings (SSSR count). The minimum absolute atomic E-state index is 0.297. The first-order valence-corrected chi connectivity index (χ1v) is 6.99. The molecule has 1 heterocycles. The zero-order valence-electron chi connectivity index (χ0n) is 12.4. The van der Waals surface area contributed by atoms with Crippen molar-refractivity contribution in [2.24, 2.45) is 0 Å². The summed E-state index contributed by atoms with van der Waals surface area (Å²) in [6.07, 6.45) is 0. The van der Waals surface area contributed by atoms with E-state index in [0.717, 1.165) is 16.8 Å². The Morgan fingerprint density at radius 1 is 1.14 bits per heavy atom. The summed E-state index contributed by atoms with van der Waals surface area (Å²) in [5.74, 6) is -0.369. The Labute approximate surface area is 127 Å². The molecule has 0 aliphatic heterocycles. The second-order valence-corrected chi connectivity index (χ2v) is 5.22. The SMILES string of the molecule is Cc1ccc(C)c(-n2nnc(CO)c2-c2ccccc2F)c1. The van der Waals surface area contributed by atoms with Gasteiger partial charge in [-0.3, -0.25) is 0 Å². The van der Waals surface area contributed by atoms with Crippen LogP contribution in [0.5, 0.6) is 0 Å². The molecule has 0 saturated carbocycles. The summed E-state index contributed by atoms with van der Waals surface area (Å²) in [4.78, 5) is 0. The van der Waals surface area contributed by atoms with Gasteiger partial charge >= 0.3 is 0 Å². The third-order valence-electron chi connectivity index (χ3n) is 3.61. The van der Waals surface area contributed by atoms with Gasteiger partial charge < -0.3 is 5.11 Å². The lowest BCUT2D eigenvalue weighted by atomic mass is 10.1. The average Bonchev–Trinajstić information content (AvgIpc) is 2.93. The van der Waals surface area contributed by atoms with Crippen LogP contribution in [-0.2, 0) is 6.61 Å². The molecule has 3 aromatic rings. The maximum absolute atomic E-state index is 14.2. The lowest BCUT2D eigenvalue weighted by Crippen LogP contribution is -2.04. The number of aryl methyl sites for hydroxylation is 2. The summed E-state index contributed by atoms with van der Waals surface area (Å²) in [7, 11) is 0. The van der Waals surface area contributed by atoms with Gasteiger partial charge in [-0.25, -0.2) is 9.07 Å². The Bertz CT molecular complexity index is 827. The largest absolute Gasteiger partial charge is 0.390 e. The standard InChI is InChI=1S/C17H16FN3O/c1-11-7-8-12(2)16(9-11)21-17(15(10-22)19-20-21)13-5-3-4-6-14(13)18/h3-9,22H,10H2,1-2H3. The molecule has 0 aliphatic rings. The molecule has 5 heteroatoms. The smallest absolute Gasteiger partial charge is 0.132 e. The van der Waals surface area contributed by atoms with Gasteiger partial charge in [0.1, 0.15) is 17.2 Å². The van der Waals surface area contributed by atoms with Crippen LogP contribution in [0.1, 0.15) is 16.8 Å². The summed E-state index contributed by atoms with van der Waals surface area (Å²) in [5, 5.41) is 17.6. The zero-order chi connectivity index (χ0) is 15.7. The van der Waals surface area contributed by atoms with E-state index in [-0.39, 0.29) is 12.4 Å². The van der Waals surface area contributed by atoms with E-state index in [1.807, 2.05) is 32.0 Å². The van der Waals surface area contributed by atoms with Crippen molar-refractivity contribution in [3.8, 4) is 16.9 Å². The number of hydrogen-bond donors (Lipinski definition) is 1. The molecule has 0 aliphatic carbocycles. The van der Waals surface area contributed by atoms with Crippen LogP contribution >= 0.6 is 0 Å². The molecule has 0 atom stereocenters. The highest BCUT2D eigenvalue weighted by atomic mass is 19.1. The molecule has 0 radical (unpaired) electrons. The number of aromatic nitrogens is 3. The van der Waals surface area contributed by atoms with Gasteiger partial charge in [0.05, 0.1) is 12.3 Å². The molecule has 0 saturated heterocycles. The summed E-state index contributed by atoms with van der Waals surface area (Å²) >= 11 is 0. The van der Waals surface area contributed by atoms with Gasteiger partial charge in [-0.1, -0.05) is 29.5 Å². The summed E-state index contributed by atoms with van der Waals surface area (Å²) < 4.78 is 15.8. The molecule has 0 unspecified atom stereocenters. The topological polar surface area (TPSA) is 50.9 Å². The molecule has 0 bridgehead atoms. The number of benzene rings is 2. The second-order valence-electron chi connectivity index (χ2n) is 5.22. The van der Waals surface area contributed by atoms with Gasteiger partial charge in [0.25, 0.3) is 0 Å². The van der Waals surface area contributed by atoms with Crippen molar-refractivity contribution in [3.63, 3.8) is 0 Å². The molecule has 4 nitrogen and oxygen atoms in total. The van der Waals surface area contributed by atoms with Crippen LogP contribution in [0.15, 0.2) is 42.5 Å². The van der Waals surface area contributed by atoms with Crippen molar-refractivity contribution in [2.75, 3.05) is 0 Å². The Morgan fingerprint density at radius 3 is 2.64 bits per heavy atom. The number of halogens is 1. The summed E-state index contributed by atoms with van der Waals surface area (Å²) in [5.41, 5.74) is 4.10. The molecule has 1 aromatic heterocycles. The third-order valence-corrected chi connectivity index (χ3v) is 3.61. The van der Waals surface area contributed by atoms with Gasteiger partial charge in [-0.05, 0) is 43.2 Å². The van der Waals surface area contributed by atoms with Gasteiger partial charge in [-0.15, -0.1) is 5.10 Å². The number of nitrogens with zero attached hydrogens (tertiary/aromatic N) is 3. The van der Waals surface area contributed by atoms with Gasteiger partial charge in [0, 0.05) is 5.56 Å². The second kappa shape index (κ2) is 5.69. The van der Waals surface area contributed by atoms with Crippen LogP contribution in [0.3, 0.4) is 0 Å². The van der Waals surface area contributed by atoms with Crippen LogP contribution in [0.4, 0.5) is 4.39 Å². The number of aliphatic hydroxyl groups excluding tert-OH is 1. The number of hydrogen-bond acceptors (Lipinski definition) is 3. The van der Waals surface area contributed by atoms with E-state index < -0.39 is 0 Å². The van der Waals surface area contributed by atoms with E-state index >= 15 is 0 Å². The molecule has 112 valence electrons. The van der Waals surface area contributed by atoms with Gasteiger partial charge in [0.15, 0.2) is 0 Å². The maximum atomic E-state index is 14.2. The molecular weight excluding hydrogens is 281 g/mol. The number of aliphatic hydroxyl groups is 1. The molecule has 22 heavy (non-hydrogen) atoms. The highest BCUT2D eigenvalue weighted by Gasteiger charge is 2.19. The van der Waals surface area contributed by atoms with Crippen LogP contribution < -0.4 is 0 Å². The first kappa shape index (κ1) is 14.4. The molecule has 0 spiro atoms. The lowest BCUT2D eigenvalue weighted by molar-refractivity contribution is 0.277. The molecule has 0 fully saturated rings. The average molecular weight is 297 g/mol. The Balaban J connectivity index is 2.29. The van der Waals surface area contributed by atoms with E-state index in [0.29, 0.717) is 17.0 Å². The van der Waals surface area contributed by atoms with Gasteiger partial charge in [-0.2, -0.15) is 0 Å². The maximum Gasteiger partial charge on any atom is 0.132 e. The van der Waals surface area contributed by atoms with Crippen LogP contribution in [0.25, 0.3) is 16.9 Å². The quantitative estimate of drug-likeness (QED) is 0.808. The van der Waals surface area contributed by atoms with Crippen molar-refractivity contribution >= 4 is 0 Å². The van der Waals surface area contributed by atoms with Crippen LogP contribution in [-0.4, -0.2) is 20.1 Å². The normalized spacial score (nSPS) is 10.9. The van der Waals surface area contributed by atoms with Crippen LogP contribution in [0.2, 0.25) is 0 Å². The number of rotatable bonds is 3. The molecule has 2 aromatic carbocycles. The lowest BCUT2D eigenvalue weighted by Gasteiger charge is -2.11. The van der Waals surface area contributed by atoms with Crippen molar-refractivity contribution in [1.29, 1.82) is 0 Å². The monoisotopic (exact) mass is 297 g/mol. The van der Waals surface area contributed by atoms with E-state index in [4.69, 9.17) is 0 Å². The van der Waals surface area contributed by atoms with Gasteiger partial charge in [0.2, 0.25) is 0 Å². The molecule has 1 N–H and O–H groups in total. The van der Waals surface area contributed by atoms with Crippen LogP contribution in [0, 0.1) is 19.7 Å². The fourth-order valence-corrected chi connectivity index (χ4v) is 2.46. The molecular formula is C17H16FN3O. The first-order valence-electron chi connectivity index (χ1n) is 6.99. The summed E-state index contributed by atoms with van der Waals surface area (Å²) in [6, 6.07) is 12.4. The third kappa shape index (κ3) is 2.40. The van der Waals surface area contributed by atoms with E-state index in [1.165, 1.54) is 6.07 Å². The van der Waals surface area contributed by atoms with E-state index in [2.05, 4.69) is 10.3 Å². The fraction of sp³-hybridized carbons (Fsp3) is 0.176. The molecule has 0 amide bonds. The predicted molar refractivity (Wildman–Crippen MR) is 82.1 cm³/mol. The summed E-state index contributed by atoms with van der Waals surface area (Å²) in [6.45, 7) is 3.64. The fourth-order valence-electron chi connectivity index (χ4n) is 2.46. The van der Waals surface area contributed by atoms with Crippen molar-refractivity contribution in [1.82, 2.24) is 15.0 Å². The highest BCUT2D eigenvalue weighted by molar-refractivity contribution is 5.65. The van der Waals surface area contributed by atoms with E-state index in [9.17, 15) is 9.50 Å². The zero-order valence-corrected chi connectivity index (χ0v) is 12.4. The van der Waals surface area contributed by atoms with Crippen molar-refractivity contribution in [2.45, 2.75) is 20.5 Å². The Hall–Kier alpha value is -2.53. The minimum atomic E-state index is -0.369. The Morgan fingerprint density at radius 2 is 1.91 bits per heavy atom. The Kier molecular flexibility index (Phi) is 3.73. The minimum Gasteiger partial charge on any atom is -0.390 e. The highest BCUT2D eigenvalue weighted by Crippen LogP contribution is 2.29.